The highest BCUT2D eigenvalue weighted by Gasteiger charge is 2.22. The maximum atomic E-state index is 12.7. The number of aliphatic hydroxyl groups is 1. The molecule has 6 heteroatoms. The van der Waals surface area contributed by atoms with E-state index in [2.05, 4.69) is 9.71 Å². The van der Waals surface area contributed by atoms with Crippen molar-refractivity contribution >= 4 is 20.8 Å². The number of rotatable bonds is 5. The Morgan fingerprint density at radius 3 is 2.57 bits per heavy atom. The molecule has 5 nitrogen and oxygen atoms in total. The normalized spacial score (nSPS) is 13.1. The molecule has 118 valence electrons. The number of aromatic nitrogens is 1. The molecule has 0 aliphatic rings. The molecule has 1 unspecified atom stereocenters. The number of aliphatic hydroxyl groups excluding tert-OH is 1. The highest BCUT2D eigenvalue weighted by molar-refractivity contribution is 7.89. The summed E-state index contributed by atoms with van der Waals surface area (Å²) >= 11 is 0. The van der Waals surface area contributed by atoms with Gasteiger partial charge in [0, 0.05) is 23.2 Å². The molecule has 3 aromatic rings. The van der Waals surface area contributed by atoms with Crippen LogP contribution in [0.4, 0.5) is 0 Å². The number of hydrogen-bond donors (Lipinski definition) is 2. The van der Waals surface area contributed by atoms with E-state index < -0.39 is 16.1 Å². The maximum Gasteiger partial charge on any atom is 0.241 e. The minimum absolute atomic E-state index is 0.173. The second kappa shape index (κ2) is 6.45. The Balaban J connectivity index is 2.01. The topological polar surface area (TPSA) is 79.3 Å². The average molecular weight is 328 g/mol. The lowest BCUT2D eigenvalue weighted by atomic mass is 10.1. The Morgan fingerprint density at radius 1 is 1.04 bits per heavy atom. The van der Waals surface area contributed by atoms with Crippen molar-refractivity contribution in [1.82, 2.24) is 9.71 Å². The molecule has 0 saturated heterocycles. The maximum absolute atomic E-state index is 12.7. The van der Waals surface area contributed by atoms with Crippen LogP contribution in [0.5, 0.6) is 0 Å². The zero-order chi connectivity index (χ0) is 16.3. The molecule has 0 radical (unpaired) electrons. The van der Waals surface area contributed by atoms with Gasteiger partial charge in [-0.3, -0.25) is 4.98 Å². The monoisotopic (exact) mass is 328 g/mol. The largest absolute Gasteiger partial charge is 0.394 e. The summed E-state index contributed by atoms with van der Waals surface area (Å²) in [4.78, 5) is 4.18. The molecule has 3 rings (SSSR count). The number of nitrogens with zero attached hydrogens (tertiary/aromatic N) is 1. The van der Waals surface area contributed by atoms with Crippen molar-refractivity contribution in [2.24, 2.45) is 0 Å². The van der Waals surface area contributed by atoms with E-state index in [1.54, 1.807) is 54.9 Å². The van der Waals surface area contributed by atoms with Crippen LogP contribution in [-0.4, -0.2) is 25.1 Å². The first kappa shape index (κ1) is 15.6. The number of hydrogen-bond acceptors (Lipinski definition) is 4. The fourth-order valence-electron chi connectivity index (χ4n) is 2.47. The standard InChI is InChI=1S/C17H16N2O3S/c20-12-16(13-5-2-1-3-6-13)19-23(21,22)17-8-4-7-14-11-18-10-9-15(14)17/h1-11,16,19-20H,12H2. The van der Waals surface area contributed by atoms with E-state index in [0.717, 1.165) is 5.39 Å². The van der Waals surface area contributed by atoms with Crippen molar-refractivity contribution in [1.29, 1.82) is 0 Å². The zero-order valence-corrected chi connectivity index (χ0v) is 13.1. The van der Waals surface area contributed by atoms with Gasteiger partial charge in [0.15, 0.2) is 0 Å². The Hall–Kier alpha value is -2.28. The van der Waals surface area contributed by atoms with Gasteiger partial charge in [0.1, 0.15) is 0 Å². The molecule has 1 heterocycles. The van der Waals surface area contributed by atoms with Gasteiger partial charge in [-0.15, -0.1) is 0 Å². The second-order valence-electron chi connectivity index (χ2n) is 5.12. The van der Waals surface area contributed by atoms with E-state index in [1.807, 2.05) is 12.1 Å². The van der Waals surface area contributed by atoms with Gasteiger partial charge >= 0.3 is 0 Å². The lowest BCUT2D eigenvalue weighted by Crippen LogP contribution is -2.31. The Labute approximate surface area is 134 Å². The van der Waals surface area contributed by atoms with Crippen LogP contribution in [0.2, 0.25) is 0 Å². The van der Waals surface area contributed by atoms with Gasteiger partial charge in [-0.25, -0.2) is 13.1 Å². The Bertz CT molecular complexity index is 906. The van der Waals surface area contributed by atoms with Crippen molar-refractivity contribution < 1.29 is 13.5 Å². The van der Waals surface area contributed by atoms with Crippen molar-refractivity contribution in [3.05, 3.63) is 72.6 Å². The van der Waals surface area contributed by atoms with Crippen molar-refractivity contribution in [2.75, 3.05) is 6.61 Å². The summed E-state index contributed by atoms with van der Waals surface area (Å²) in [5.41, 5.74) is 0.709. The van der Waals surface area contributed by atoms with Gasteiger partial charge in [0.2, 0.25) is 10.0 Å². The van der Waals surface area contributed by atoms with Gasteiger partial charge in [0.05, 0.1) is 17.5 Å². The van der Waals surface area contributed by atoms with E-state index in [9.17, 15) is 13.5 Å². The molecule has 2 N–H and O–H groups in total. The first-order valence-corrected chi connectivity index (χ1v) is 8.61. The molecule has 0 bridgehead atoms. The van der Waals surface area contributed by atoms with Gasteiger partial charge in [-0.05, 0) is 17.7 Å². The molecule has 0 saturated carbocycles. The van der Waals surface area contributed by atoms with Crippen molar-refractivity contribution in [3.8, 4) is 0 Å². The SMILES string of the molecule is O=S(=O)(NC(CO)c1ccccc1)c1cccc2cnccc12. The number of pyridine rings is 1. The Morgan fingerprint density at radius 2 is 1.83 bits per heavy atom. The molecule has 1 atom stereocenters. The summed E-state index contributed by atoms with van der Waals surface area (Å²) < 4.78 is 28.1. The zero-order valence-electron chi connectivity index (χ0n) is 12.3. The van der Waals surface area contributed by atoms with Crippen LogP contribution in [0.3, 0.4) is 0 Å². The smallest absolute Gasteiger partial charge is 0.241 e. The van der Waals surface area contributed by atoms with Crippen molar-refractivity contribution in [2.45, 2.75) is 10.9 Å². The summed E-state index contributed by atoms with van der Waals surface area (Å²) in [6.07, 6.45) is 3.18. The molecule has 0 aliphatic heterocycles. The van der Waals surface area contributed by atoms with E-state index in [0.29, 0.717) is 10.9 Å². The van der Waals surface area contributed by atoms with Crippen LogP contribution >= 0.6 is 0 Å². The van der Waals surface area contributed by atoms with Crippen LogP contribution in [0.1, 0.15) is 11.6 Å². The fourth-order valence-corrected chi connectivity index (χ4v) is 3.92. The molecule has 0 amide bonds. The van der Waals surface area contributed by atoms with E-state index in [4.69, 9.17) is 0 Å². The summed E-state index contributed by atoms with van der Waals surface area (Å²) in [6, 6.07) is 15.0. The van der Waals surface area contributed by atoms with Gasteiger partial charge in [-0.2, -0.15) is 0 Å². The molecular formula is C17H16N2O3S. The third-order valence-electron chi connectivity index (χ3n) is 3.61. The molecular weight excluding hydrogens is 312 g/mol. The van der Waals surface area contributed by atoms with Crippen LogP contribution < -0.4 is 4.72 Å². The lowest BCUT2D eigenvalue weighted by molar-refractivity contribution is 0.259. The second-order valence-corrected chi connectivity index (χ2v) is 6.80. The van der Waals surface area contributed by atoms with Crippen LogP contribution in [-0.2, 0) is 10.0 Å². The van der Waals surface area contributed by atoms with Gasteiger partial charge in [-0.1, -0.05) is 42.5 Å². The molecule has 0 aliphatic carbocycles. The van der Waals surface area contributed by atoms with Crippen LogP contribution in [0, 0.1) is 0 Å². The lowest BCUT2D eigenvalue weighted by Gasteiger charge is -2.17. The third kappa shape index (κ3) is 3.24. The first-order chi connectivity index (χ1) is 11.1. The van der Waals surface area contributed by atoms with Crippen LogP contribution in [0.15, 0.2) is 71.9 Å². The van der Waals surface area contributed by atoms with Crippen molar-refractivity contribution in [3.63, 3.8) is 0 Å². The van der Waals surface area contributed by atoms with Crippen LogP contribution in [0.25, 0.3) is 10.8 Å². The quantitative estimate of drug-likeness (QED) is 0.753. The predicted molar refractivity (Wildman–Crippen MR) is 88.3 cm³/mol. The fraction of sp³-hybridized carbons (Fsp3) is 0.118. The van der Waals surface area contributed by atoms with E-state index >= 15 is 0 Å². The Kier molecular flexibility index (Phi) is 4.38. The molecule has 23 heavy (non-hydrogen) atoms. The molecule has 0 spiro atoms. The van der Waals surface area contributed by atoms with Gasteiger partial charge in [0.25, 0.3) is 0 Å². The predicted octanol–water partition coefficient (Wildman–Crippen LogP) is 2.25. The third-order valence-corrected chi connectivity index (χ3v) is 5.14. The summed E-state index contributed by atoms with van der Waals surface area (Å²) in [6.45, 7) is -0.324. The van der Waals surface area contributed by atoms with E-state index in [1.165, 1.54) is 0 Å². The number of fused-ring (bicyclic) bond motifs is 1. The molecule has 1 aromatic heterocycles. The van der Waals surface area contributed by atoms with Gasteiger partial charge < -0.3 is 5.11 Å². The average Bonchev–Trinajstić information content (AvgIpc) is 2.60. The highest BCUT2D eigenvalue weighted by atomic mass is 32.2. The first-order valence-electron chi connectivity index (χ1n) is 7.13. The summed E-state index contributed by atoms with van der Waals surface area (Å²) in [7, 11) is -3.78. The number of benzene rings is 2. The minimum atomic E-state index is -3.78. The minimum Gasteiger partial charge on any atom is -0.394 e. The molecule has 2 aromatic carbocycles. The molecule has 0 fully saturated rings. The highest BCUT2D eigenvalue weighted by Crippen LogP contribution is 2.24. The van der Waals surface area contributed by atoms with E-state index in [-0.39, 0.29) is 11.5 Å². The number of sulfonamides is 1. The summed E-state index contributed by atoms with van der Waals surface area (Å²) in [5.74, 6) is 0. The number of nitrogens with one attached hydrogen (secondary N) is 1. The summed E-state index contributed by atoms with van der Waals surface area (Å²) in [5, 5.41) is 10.9.